The molecule has 1 aromatic rings. The molecule has 2 rings (SSSR count). The monoisotopic (exact) mass is 200 g/mol. The fourth-order valence-corrected chi connectivity index (χ4v) is 1.32. The van der Waals surface area contributed by atoms with Crippen LogP contribution in [0, 0.1) is 0 Å². The Kier molecular flexibility index (Phi) is 3.66. The number of nitrogens with one attached hydrogen (secondary N) is 1. The Morgan fingerprint density at radius 2 is 2.46 bits per heavy atom. The number of hydrogen-bond acceptors (Lipinski definition) is 3. The maximum Gasteiger partial charge on any atom is 0.136 e. The zero-order chi connectivity index (χ0) is 8.39. The van der Waals surface area contributed by atoms with Gasteiger partial charge in [0, 0.05) is 24.0 Å². The third-order valence-electron chi connectivity index (χ3n) is 1.94. The molecule has 1 aromatic heterocycles. The summed E-state index contributed by atoms with van der Waals surface area (Å²) in [6.45, 7) is 2.88. The number of rotatable bonds is 1. The van der Waals surface area contributed by atoms with Crippen LogP contribution in [0.25, 0.3) is 0 Å². The summed E-state index contributed by atoms with van der Waals surface area (Å²) in [5, 5.41) is 3.31. The topological polar surface area (TPSA) is 34.1 Å². The van der Waals surface area contributed by atoms with E-state index in [1.807, 2.05) is 18.3 Å². The number of nitrogens with zero attached hydrogens (tertiary/aromatic N) is 1. The predicted molar refractivity (Wildman–Crippen MR) is 52.8 cm³/mol. The molecule has 2 atom stereocenters. The molecule has 0 aromatic carbocycles. The summed E-state index contributed by atoms with van der Waals surface area (Å²) in [4.78, 5) is 4.03. The fraction of sp³-hybridized carbons (Fsp3) is 0.444. The van der Waals surface area contributed by atoms with E-state index in [0.717, 1.165) is 12.2 Å². The molecule has 0 bridgehead atoms. The van der Waals surface area contributed by atoms with Gasteiger partial charge in [-0.1, -0.05) is 6.07 Å². The summed E-state index contributed by atoms with van der Waals surface area (Å²) >= 11 is 0. The fourth-order valence-electron chi connectivity index (χ4n) is 1.32. The van der Waals surface area contributed by atoms with Crippen LogP contribution in [0.4, 0.5) is 0 Å². The molecule has 0 radical (unpaired) electrons. The van der Waals surface area contributed by atoms with Crippen molar-refractivity contribution in [3.63, 3.8) is 0 Å². The van der Waals surface area contributed by atoms with Crippen LogP contribution in [0.1, 0.15) is 18.7 Å². The normalized spacial score (nSPS) is 26.8. The lowest BCUT2D eigenvalue weighted by molar-refractivity contribution is 0.101. The summed E-state index contributed by atoms with van der Waals surface area (Å²) in [6.07, 6.45) is 3.63. The van der Waals surface area contributed by atoms with Crippen LogP contribution in [0.5, 0.6) is 0 Å². The highest BCUT2D eigenvalue weighted by Gasteiger charge is 2.21. The molecule has 1 fully saturated rings. The van der Waals surface area contributed by atoms with Gasteiger partial charge >= 0.3 is 0 Å². The summed E-state index contributed by atoms with van der Waals surface area (Å²) < 4.78 is 5.50. The Hall–Kier alpha value is -0.640. The van der Waals surface area contributed by atoms with Crippen molar-refractivity contribution in [1.82, 2.24) is 10.3 Å². The molecular formula is C9H13ClN2O. The smallest absolute Gasteiger partial charge is 0.136 e. The molecule has 1 saturated heterocycles. The van der Waals surface area contributed by atoms with E-state index in [4.69, 9.17) is 4.74 Å². The predicted octanol–water partition coefficient (Wildman–Crippen LogP) is 1.51. The Balaban J connectivity index is 0.000000845. The SMILES string of the molecule is CC1COC(c2cccnc2)N1.Cl. The molecule has 0 spiro atoms. The maximum atomic E-state index is 5.50. The minimum absolute atomic E-state index is 0. The summed E-state index contributed by atoms with van der Waals surface area (Å²) in [7, 11) is 0. The van der Waals surface area contributed by atoms with Crippen LogP contribution in [-0.4, -0.2) is 17.6 Å². The first kappa shape index (κ1) is 10.4. The van der Waals surface area contributed by atoms with Crippen molar-refractivity contribution in [3.8, 4) is 0 Å². The molecule has 1 aliphatic rings. The quantitative estimate of drug-likeness (QED) is 0.747. The Morgan fingerprint density at radius 1 is 1.62 bits per heavy atom. The molecule has 2 heterocycles. The number of ether oxygens (including phenoxy) is 1. The highest BCUT2D eigenvalue weighted by atomic mass is 35.5. The average Bonchev–Trinajstić information content (AvgIpc) is 2.54. The molecule has 1 aliphatic heterocycles. The van der Waals surface area contributed by atoms with E-state index < -0.39 is 0 Å². The van der Waals surface area contributed by atoms with Crippen LogP contribution in [0.3, 0.4) is 0 Å². The van der Waals surface area contributed by atoms with Crippen molar-refractivity contribution >= 4 is 12.4 Å². The van der Waals surface area contributed by atoms with Gasteiger partial charge in [-0.05, 0) is 13.0 Å². The van der Waals surface area contributed by atoms with Gasteiger partial charge in [-0.25, -0.2) is 0 Å². The van der Waals surface area contributed by atoms with Gasteiger partial charge in [-0.15, -0.1) is 12.4 Å². The van der Waals surface area contributed by atoms with Gasteiger partial charge in [0.25, 0.3) is 0 Å². The van der Waals surface area contributed by atoms with Crippen molar-refractivity contribution in [1.29, 1.82) is 0 Å². The minimum atomic E-state index is 0. The van der Waals surface area contributed by atoms with Crippen molar-refractivity contribution in [2.45, 2.75) is 19.2 Å². The third-order valence-corrected chi connectivity index (χ3v) is 1.94. The summed E-state index contributed by atoms with van der Waals surface area (Å²) in [6, 6.07) is 4.38. The molecule has 0 amide bonds. The third kappa shape index (κ3) is 2.40. The molecular weight excluding hydrogens is 188 g/mol. The van der Waals surface area contributed by atoms with E-state index in [1.165, 1.54) is 0 Å². The van der Waals surface area contributed by atoms with Crippen LogP contribution in [-0.2, 0) is 4.74 Å². The van der Waals surface area contributed by atoms with Crippen molar-refractivity contribution < 1.29 is 4.74 Å². The van der Waals surface area contributed by atoms with Gasteiger partial charge in [-0.2, -0.15) is 0 Å². The van der Waals surface area contributed by atoms with Gasteiger partial charge in [0.05, 0.1) is 6.61 Å². The summed E-state index contributed by atoms with van der Waals surface area (Å²) in [5.41, 5.74) is 1.10. The lowest BCUT2D eigenvalue weighted by atomic mass is 10.2. The average molecular weight is 201 g/mol. The van der Waals surface area contributed by atoms with Crippen LogP contribution >= 0.6 is 12.4 Å². The molecule has 13 heavy (non-hydrogen) atoms. The van der Waals surface area contributed by atoms with Crippen LogP contribution in [0.15, 0.2) is 24.5 Å². The second kappa shape index (κ2) is 4.56. The first-order valence-electron chi connectivity index (χ1n) is 4.14. The number of hydrogen-bond donors (Lipinski definition) is 1. The maximum absolute atomic E-state index is 5.50. The summed E-state index contributed by atoms with van der Waals surface area (Å²) in [5.74, 6) is 0. The van der Waals surface area contributed by atoms with E-state index >= 15 is 0 Å². The highest BCUT2D eigenvalue weighted by molar-refractivity contribution is 5.85. The van der Waals surface area contributed by atoms with Crippen LogP contribution in [0.2, 0.25) is 0 Å². The first-order valence-corrected chi connectivity index (χ1v) is 4.14. The zero-order valence-electron chi connectivity index (χ0n) is 7.43. The highest BCUT2D eigenvalue weighted by Crippen LogP contribution is 2.18. The van der Waals surface area contributed by atoms with Gasteiger partial charge in [0.2, 0.25) is 0 Å². The van der Waals surface area contributed by atoms with Gasteiger partial charge in [0.15, 0.2) is 0 Å². The molecule has 0 saturated carbocycles. The van der Waals surface area contributed by atoms with E-state index in [0.29, 0.717) is 6.04 Å². The molecule has 72 valence electrons. The van der Waals surface area contributed by atoms with E-state index in [9.17, 15) is 0 Å². The van der Waals surface area contributed by atoms with Crippen molar-refractivity contribution in [2.75, 3.05) is 6.61 Å². The lowest BCUT2D eigenvalue weighted by Gasteiger charge is -2.09. The van der Waals surface area contributed by atoms with E-state index in [1.54, 1.807) is 6.20 Å². The number of aromatic nitrogens is 1. The molecule has 2 unspecified atom stereocenters. The lowest BCUT2D eigenvalue weighted by Crippen LogP contribution is -2.22. The van der Waals surface area contributed by atoms with Crippen LogP contribution < -0.4 is 5.32 Å². The van der Waals surface area contributed by atoms with Gasteiger partial charge < -0.3 is 4.74 Å². The van der Waals surface area contributed by atoms with E-state index in [2.05, 4.69) is 17.2 Å². The number of halogens is 1. The molecule has 0 aliphatic carbocycles. The Bertz CT molecular complexity index is 255. The molecule has 3 nitrogen and oxygen atoms in total. The van der Waals surface area contributed by atoms with Crippen molar-refractivity contribution in [2.24, 2.45) is 0 Å². The zero-order valence-corrected chi connectivity index (χ0v) is 8.25. The first-order chi connectivity index (χ1) is 5.86. The van der Waals surface area contributed by atoms with E-state index in [-0.39, 0.29) is 18.6 Å². The molecule has 4 heteroatoms. The molecule has 1 N–H and O–H groups in total. The van der Waals surface area contributed by atoms with Crippen molar-refractivity contribution in [3.05, 3.63) is 30.1 Å². The standard InChI is InChI=1S/C9H12N2O.ClH/c1-7-6-12-9(11-7)8-3-2-4-10-5-8;/h2-5,7,9,11H,6H2,1H3;1H. The number of pyridine rings is 1. The second-order valence-corrected chi connectivity index (χ2v) is 3.07. The van der Waals surface area contributed by atoms with Gasteiger partial charge in [0.1, 0.15) is 6.23 Å². The second-order valence-electron chi connectivity index (χ2n) is 3.07. The Morgan fingerprint density at radius 3 is 3.00 bits per heavy atom. The largest absolute Gasteiger partial charge is 0.357 e. The Labute approximate surface area is 83.9 Å². The minimum Gasteiger partial charge on any atom is -0.357 e. The van der Waals surface area contributed by atoms with Gasteiger partial charge in [-0.3, -0.25) is 10.3 Å².